The largest absolute Gasteiger partial charge is 0.493 e. The van der Waals surface area contributed by atoms with E-state index in [4.69, 9.17) is 14.6 Å². The van der Waals surface area contributed by atoms with Crippen LogP contribution in [0.4, 0.5) is 5.69 Å². The number of hydrogen-bond donors (Lipinski definition) is 2. The molecule has 5 nitrogen and oxygen atoms in total. The number of nitrogens with one attached hydrogen (secondary N) is 1. The predicted molar refractivity (Wildman–Crippen MR) is 128 cm³/mol. The standard InChI is InChI=1S/C27H31NO4/c1-2-8-22-20-25(32-24-11-4-3-5-12-24)14-15-26(22)31-18-7-17-28-23-10-6-9-21(19-23)13-16-27(29)30/h3-6,9-12,14-15,19-20,28H,2,7-8,13,16-18H2,1H3,(H,29,30). The first-order valence-corrected chi connectivity index (χ1v) is 11.2. The molecule has 0 aliphatic rings. The van der Waals surface area contributed by atoms with Gasteiger partial charge in [0.05, 0.1) is 6.61 Å². The molecule has 0 amide bonds. The number of carbonyl (C=O) groups is 1. The van der Waals surface area contributed by atoms with Gasteiger partial charge in [0.2, 0.25) is 0 Å². The lowest BCUT2D eigenvalue weighted by atomic mass is 10.1. The van der Waals surface area contributed by atoms with Crippen LogP contribution in [0.25, 0.3) is 0 Å². The molecule has 0 aliphatic carbocycles. The van der Waals surface area contributed by atoms with Crippen LogP contribution in [0.3, 0.4) is 0 Å². The predicted octanol–water partition coefficient (Wildman–Crippen LogP) is 6.33. The van der Waals surface area contributed by atoms with Gasteiger partial charge in [0.25, 0.3) is 0 Å². The number of benzene rings is 3. The Morgan fingerprint density at radius 2 is 1.78 bits per heavy atom. The lowest BCUT2D eigenvalue weighted by Gasteiger charge is -2.14. The monoisotopic (exact) mass is 433 g/mol. The molecular weight excluding hydrogens is 402 g/mol. The number of hydrogen-bond acceptors (Lipinski definition) is 4. The first-order valence-electron chi connectivity index (χ1n) is 11.2. The minimum Gasteiger partial charge on any atom is -0.493 e. The van der Waals surface area contributed by atoms with Gasteiger partial charge < -0.3 is 19.9 Å². The molecule has 3 rings (SSSR count). The van der Waals surface area contributed by atoms with Crippen LogP contribution in [0, 0.1) is 0 Å². The minimum atomic E-state index is -0.775. The fourth-order valence-corrected chi connectivity index (χ4v) is 3.42. The van der Waals surface area contributed by atoms with Gasteiger partial charge in [-0.25, -0.2) is 0 Å². The van der Waals surface area contributed by atoms with Gasteiger partial charge in [-0.3, -0.25) is 4.79 Å². The van der Waals surface area contributed by atoms with Crippen LogP contribution < -0.4 is 14.8 Å². The number of ether oxygens (including phenoxy) is 2. The van der Waals surface area contributed by atoms with E-state index in [1.165, 1.54) is 0 Å². The van der Waals surface area contributed by atoms with Crippen LogP contribution >= 0.6 is 0 Å². The maximum Gasteiger partial charge on any atom is 0.303 e. The number of carboxylic acids is 1. The SMILES string of the molecule is CCCc1cc(Oc2ccccc2)ccc1OCCCNc1cccc(CCC(=O)O)c1. The summed E-state index contributed by atoms with van der Waals surface area (Å²) in [5.41, 5.74) is 3.18. The van der Waals surface area contributed by atoms with Crippen molar-refractivity contribution in [1.82, 2.24) is 0 Å². The average Bonchev–Trinajstić information content (AvgIpc) is 2.80. The van der Waals surface area contributed by atoms with Crippen LogP contribution in [-0.2, 0) is 17.6 Å². The van der Waals surface area contributed by atoms with Gasteiger partial charge in [-0.2, -0.15) is 0 Å². The second-order valence-corrected chi connectivity index (χ2v) is 7.66. The molecule has 0 atom stereocenters. The van der Waals surface area contributed by atoms with Crippen molar-refractivity contribution >= 4 is 11.7 Å². The molecule has 0 spiro atoms. The summed E-state index contributed by atoms with van der Waals surface area (Å²) >= 11 is 0. The van der Waals surface area contributed by atoms with E-state index in [-0.39, 0.29) is 6.42 Å². The Morgan fingerprint density at radius 1 is 0.938 bits per heavy atom. The number of para-hydroxylation sites is 1. The molecule has 0 aromatic heterocycles. The molecule has 32 heavy (non-hydrogen) atoms. The molecule has 0 unspecified atom stereocenters. The van der Waals surface area contributed by atoms with Crippen molar-refractivity contribution in [3.05, 3.63) is 83.9 Å². The number of carboxylic acid groups (broad SMARTS) is 1. The van der Waals surface area contributed by atoms with Crippen LogP contribution in [0.1, 0.15) is 37.3 Å². The molecule has 3 aromatic rings. The molecule has 0 bridgehead atoms. The highest BCUT2D eigenvalue weighted by atomic mass is 16.5. The average molecular weight is 434 g/mol. The fourth-order valence-electron chi connectivity index (χ4n) is 3.42. The highest BCUT2D eigenvalue weighted by Crippen LogP contribution is 2.29. The molecule has 0 saturated heterocycles. The van der Waals surface area contributed by atoms with E-state index in [0.29, 0.717) is 13.0 Å². The third-order valence-corrected chi connectivity index (χ3v) is 4.99. The lowest BCUT2D eigenvalue weighted by molar-refractivity contribution is -0.136. The zero-order chi connectivity index (χ0) is 22.6. The summed E-state index contributed by atoms with van der Waals surface area (Å²) in [4.78, 5) is 10.7. The van der Waals surface area contributed by atoms with Crippen LogP contribution in [0.5, 0.6) is 17.2 Å². The van der Waals surface area contributed by atoms with E-state index >= 15 is 0 Å². The van der Waals surface area contributed by atoms with Crippen molar-refractivity contribution in [2.24, 2.45) is 0 Å². The van der Waals surface area contributed by atoms with Crippen molar-refractivity contribution in [2.75, 3.05) is 18.5 Å². The maximum atomic E-state index is 10.7. The first kappa shape index (κ1) is 23.2. The van der Waals surface area contributed by atoms with Crippen molar-refractivity contribution in [3.8, 4) is 17.2 Å². The van der Waals surface area contributed by atoms with Gasteiger partial charge in [0.15, 0.2) is 0 Å². The Balaban J connectivity index is 1.48. The Bertz CT molecular complexity index is 988. The number of aliphatic carboxylic acids is 1. The van der Waals surface area contributed by atoms with Crippen LogP contribution in [-0.4, -0.2) is 24.2 Å². The summed E-state index contributed by atoms with van der Waals surface area (Å²) in [5.74, 6) is 1.77. The Kier molecular flexibility index (Phi) is 8.99. The van der Waals surface area contributed by atoms with Crippen molar-refractivity contribution in [2.45, 2.75) is 39.0 Å². The van der Waals surface area contributed by atoms with Gasteiger partial charge in [0, 0.05) is 18.7 Å². The molecule has 0 fully saturated rings. The second kappa shape index (κ2) is 12.4. The van der Waals surface area contributed by atoms with Gasteiger partial charge in [-0.15, -0.1) is 0 Å². The molecule has 5 heteroatoms. The quantitative estimate of drug-likeness (QED) is 0.308. The van der Waals surface area contributed by atoms with Crippen molar-refractivity contribution < 1.29 is 19.4 Å². The molecule has 0 saturated carbocycles. The van der Waals surface area contributed by atoms with Crippen molar-refractivity contribution in [3.63, 3.8) is 0 Å². The van der Waals surface area contributed by atoms with Gasteiger partial charge >= 0.3 is 5.97 Å². The third kappa shape index (κ3) is 7.65. The van der Waals surface area contributed by atoms with E-state index in [0.717, 1.165) is 59.9 Å². The second-order valence-electron chi connectivity index (χ2n) is 7.66. The van der Waals surface area contributed by atoms with E-state index in [1.54, 1.807) is 0 Å². The highest BCUT2D eigenvalue weighted by Gasteiger charge is 2.07. The number of anilines is 1. The Hall–Kier alpha value is -3.47. The molecule has 0 radical (unpaired) electrons. The highest BCUT2D eigenvalue weighted by molar-refractivity contribution is 5.67. The summed E-state index contributed by atoms with van der Waals surface area (Å²) in [6.45, 7) is 3.55. The van der Waals surface area contributed by atoms with E-state index < -0.39 is 5.97 Å². The van der Waals surface area contributed by atoms with Gasteiger partial charge in [0.1, 0.15) is 17.2 Å². The summed E-state index contributed by atoms with van der Waals surface area (Å²) in [6, 6.07) is 23.7. The summed E-state index contributed by atoms with van der Waals surface area (Å²) < 4.78 is 12.0. The van der Waals surface area contributed by atoms with Gasteiger partial charge in [-0.05, 0) is 72.9 Å². The summed E-state index contributed by atoms with van der Waals surface area (Å²) in [6.07, 6.45) is 3.51. The Labute approximate surface area is 190 Å². The molecule has 0 heterocycles. The summed E-state index contributed by atoms with van der Waals surface area (Å²) in [7, 11) is 0. The van der Waals surface area contributed by atoms with Gasteiger partial charge in [-0.1, -0.05) is 43.7 Å². The van der Waals surface area contributed by atoms with Crippen molar-refractivity contribution in [1.29, 1.82) is 0 Å². The van der Waals surface area contributed by atoms with Crippen LogP contribution in [0.2, 0.25) is 0 Å². The smallest absolute Gasteiger partial charge is 0.303 e. The lowest BCUT2D eigenvalue weighted by Crippen LogP contribution is -2.08. The Morgan fingerprint density at radius 3 is 2.56 bits per heavy atom. The zero-order valence-electron chi connectivity index (χ0n) is 18.5. The molecule has 0 aliphatic heterocycles. The topological polar surface area (TPSA) is 67.8 Å². The summed E-state index contributed by atoms with van der Waals surface area (Å²) in [5, 5.41) is 12.2. The third-order valence-electron chi connectivity index (χ3n) is 4.99. The normalized spacial score (nSPS) is 10.5. The van der Waals surface area contributed by atoms with E-state index in [2.05, 4.69) is 18.3 Å². The number of rotatable bonds is 13. The minimum absolute atomic E-state index is 0.145. The molecule has 2 N–H and O–H groups in total. The molecule has 3 aromatic carbocycles. The van der Waals surface area contributed by atoms with E-state index in [1.807, 2.05) is 66.7 Å². The first-order chi connectivity index (χ1) is 15.6. The zero-order valence-corrected chi connectivity index (χ0v) is 18.5. The van der Waals surface area contributed by atoms with Crippen LogP contribution in [0.15, 0.2) is 72.8 Å². The molecular formula is C27H31NO4. The maximum absolute atomic E-state index is 10.7. The molecule has 168 valence electrons. The fraction of sp³-hybridized carbons (Fsp3) is 0.296. The van der Waals surface area contributed by atoms with E-state index in [9.17, 15) is 4.79 Å². The number of aryl methyl sites for hydroxylation is 2.